The molecule has 0 radical (unpaired) electrons. The number of carbonyl (C=O) groups is 1. The monoisotopic (exact) mass is 415 g/mol. The van der Waals surface area contributed by atoms with Crippen LogP contribution in [-0.4, -0.2) is 5.91 Å². The zero-order chi connectivity index (χ0) is 13.0. The van der Waals surface area contributed by atoms with E-state index in [4.69, 9.17) is 0 Å². The SMILES string of the molecule is O=C(NCc1ccc(Br)cc1)c1ccc(I)cc1. The molecule has 0 saturated heterocycles. The normalized spacial score (nSPS) is 10.1. The Hall–Kier alpha value is -0.880. The van der Waals surface area contributed by atoms with Gasteiger partial charge in [0, 0.05) is 20.2 Å². The maximum absolute atomic E-state index is 11.9. The molecule has 0 spiro atoms. The average Bonchev–Trinajstić information content (AvgIpc) is 2.38. The fourth-order valence-corrected chi connectivity index (χ4v) is 2.11. The maximum atomic E-state index is 11.9. The van der Waals surface area contributed by atoms with Gasteiger partial charge in [-0.3, -0.25) is 4.79 Å². The quantitative estimate of drug-likeness (QED) is 0.754. The van der Waals surface area contributed by atoms with Gasteiger partial charge in [0.15, 0.2) is 0 Å². The van der Waals surface area contributed by atoms with E-state index in [1.165, 1.54) is 0 Å². The molecule has 0 bridgehead atoms. The lowest BCUT2D eigenvalue weighted by molar-refractivity contribution is 0.0951. The molecule has 0 heterocycles. The van der Waals surface area contributed by atoms with Crippen molar-refractivity contribution in [1.29, 1.82) is 0 Å². The van der Waals surface area contributed by atoms with Crippen molar-refractivity contribution in [2.45, 2.75) is 6.54 Å². The van der Waals surface area contributed by atoms with Crippen molar-refractivity contribution in [2.75, 3.05) is 0 Å². The van der Waals surface area contributed by atoms with Gasteiger partial charge in [0.2, 0.25) is 0 Å². The smallest absolute Gasteiger partial charge is 0.251 e. The molecule has 0 unspecified atom stereocenters. The molecule has 4 heteroatoms. The first kappa shape index (κ1) is 13.5. The number of nitrogens with one attached hydrogen (secondary N) is 1. The summed E-state index contributed by atoms with van der Waals surface area (Å²) in [5.74, 6) is -0.0469. The fourth-order valence-electron chi connectivity index (χ4n) is 1.49. The molecule has 92 valence electrons. The minimum absolute atomic E-state index is 0.0469. The summed E-state index contributed by atoms with van der Waals surface area (Å²) in [5, 5.41) is 2.90. The van der Waals surface area contributed by atoms with Crippen LogP contribution in [0.3, 0.4) is 0 Å². The summed E-state index contributed by atoms with van der Waals surface area (Å²) in [7, 11) is 0. The van der Waals surface area contributed by atoms with Crippen LogP contribution in [0.15, 0.2) is 53.0 Å². The van der Waals surface area contributed by atoms with Gasteiger partial charge in [-0.15, -0.1) is 0 Å². The topological polar surface area (TPSA) is 29.1 Å². The Kier molecular flexibility index (Phi) is 4.77. The second kappa shape index (κ2) is 6.33. The van der Waals surface area contributed by atoms with E-state index >= 15 is 0 Å². The first-order valence-electron chi connectivity index (χ1n) is 5.43. The number of rotatable bonds is 3. The number of hydrogen-bond acceptors (Lipinski definition) is 1. The van der Waals surface area contributed by atoms with Gasteiger partial charge in [0.25, 0.3) is 5.91 Å². The van der Waals surface area contributed by atoms with Crippen LogP contribution in [0, 0.1) is 3.57 Å². The third-order valence-electron chi connectivity index (χ3n) is 2.47. The van der Waals surface area contributed by atoms with Gasteiger partial charge in [0.05, 0.1) is 0 Å². The Morgan fingerprint density at radius 3 is 2.28 bits per heavy atom. The molecule has 2 aromatic rings. The van der Waals surface area contributed by atoms with Crippen molar-refractivity contribution in [1.82, 2.24) is 5.32 Å². The second-order valence-corrected chi connectivity index (χ2v) is 5.98. The molecule has 0 atom stereocenters. The van der Waals surface area contributed by atoms with Gasteiger partial charge in [0.1, 0.15) is 0 Å². The van der Waals surface area contributed by atoms with E-state index in [1.807, 2.05) is 48.5 Å². The van der Waals surface area contributed by atoms with E-state index in [0.717, 1.165) is 13.6 Å². The first-order valence-corrected chi connectivity index (χ1v) is 7.30. The van der Waals surface area contributed by atoms with Crippen LogP contribution < -0.4 is 5.32 Å². The number of amides is 1. The fraction of sp³-hybridized carbons (Fsp3) is 0.0714. The summed E-state index contributed by atoms with van der Waals surface area (Å²) < 4.78 is 2.16. The van der Waals surface area contributed by atoms with Crippen LogP contribution in [0.5, 0.6) is 0 Å². The van der Waals surface area contributed by atoms with Crippen molar-refractivity contribution >= 4 is 44.4 Å². The molecule has 0 aliphatic carbocycles. The molecular weight excluding hydrogens is 405 g/mol. The predicted molar refractivity (Wildman–Crippen MR) is 84.5 cm³/mol. The van der Waals surface area contributed by atoms with Crippen molar-refractivity contribution < 1.29 is 4.79 Å². The summed E-state index contributed by atoms with van der Waals surface area (Å²) >= 11 is 5.60. The zero-order valence-corrected chi connectivity index (χ0v) is 13.2. The minimum Gasteiger partial charge on any atom is -0.348 e. The number of halogens is 2. The highest BCUT2D eigenvalue weighted by atomic mass is 127. The van der Waals surface area contributed by atoms with Gasteiger partial charge in [-0.05, 0) is 64.6 Å². The largest absolute Gasteiger partial charge is 0.348 e. The summed E-state index contributed by atoms with van der Waals surface area (Å²) in [4.78, 5) is 11.9. The number of benzene rings is 2. The average molecular weight is 416 g/mol. The first-order chi connectivity index (χ1) is 8.65. The van der Waals surface area contributed by atoms with E-state index in [-0.39, 0.29) is 5.91 Å². The molecule has 0 aromatic heterocycles. The summed E-state index contributed by atoms with van der Waals surface area (Å²) in [6, 6.07) is 15.4. The highest BCUT2D eigenvalue weighted by Gasteiger charge is 2.04. The Labute approximate surface area is 128 Å². The predicted octanol–water partition coefficient (Wildman–Crippen LogP) is 3.98. The van der Waals surface area contributed by atoms with Crippen molar-refractivity contribution in [3.05, 3.63) is 67.7 Å². The van der Waals surface area contributed by atoms with Crippen LogP contribution in [0.25, 0.3) is 0 Å². The lowest BCUT2D eigenvalue weighted by Gasteiger charge is -2.05. The number of carbonyl (C=O) groups excluding carboxylic acids is 1. The molecule has 18 heavy (non-hydrogen) atoms. The molecule has 1 amide bonds. The molecule has 1 N–H and O–H groups in total. The van der Waals surface area contributed by atoms with E-state index < -0.39 is 0 Å². The molecule has 2 aromatic carbocycles. The van der Waals surface area contributed by atoms with Crippen LogP contribution >= 0.6 is 38.5 Å². The number of hydrogen-bond donors (Lipinski definition) is 1. The van der Waals surface area contributed by atoms with Gasteiger partial charge in [-0.1, -0.05) is 28.1 Å². The van der Waals surface area contributed by atoms with Crippen LogP contribution in [0.1, 0.15) is 15.9 Å². The summed E-state index contributed by atoms with van der Waals surface area (Å²) in [6.07, 6.45) is 0. The summed E-state index contributed by atoms with van der Waals surface area (Å²) in [6.45, 7) is 0.540. The molecule has 0 aliphatic rings. The Morgan fingerprint density at radius 2 is 1.67 bits per heavy atom. The highest BCUT2D eigenvalue weighted by Crippen LogP contribution is 2.11. The van der Waals surface area contributed by atoms with Gasteiger partial charge < -0.3 is 5.32 Å². The zero-order valence-electron chi connectivity index (χ0n) is 9.49. The van der Waals surface area contributed by atoms with Crippen LogP contribution in [0.4, 0.5) is 0 Å². The van der Waals surface area contributed by atoms with Crippen molar-refractivity contribution in [3.63, 3.8) is 0 Å². The molecular formula is C14H11BrINO. The Morgan fingerprint density at radius 1 is 1.06 bits per heavy atom. The molecule has 0 saturated carbocycles. The highest BCUT2D eigenvalue weighted by molar-refractivity contribution is 14.1. The lowest BCUT2D eigenvalue weighted by atomic mass is 10.2. The molecule has 0 fully saturated rings. The van der Waals surface area contributed by atoms with E-state index in [9.17, 15) is 4.79 Å². The van der Waals surface area contributed by atoms with Crippen LogP contribution in [-0.2, 0) is 6.54 Å². The van der Waals surface area contributed by atoms with E-state index in [0.29, 0.717) is 12.1 Å². The van der Waals surface area contributed by atoms with Crippen molar-refractivity contribution in [2.24, 2.45) is 0 Å². The van der Waals surface area contributed by atoms with Gasteiger partial charge in [-0.25, -0.2) is 0 Å². The van der Waals surface area contributed by atoms with Gasteiger partial charge >= 0.3 is 0 Å². The van der Waals surface area contributed by atoms with Gasteiger partial charge in [-0.2, -0.15) is 0 Å². The lowest BCUT2D eigenvalue weighted by Crippen LogP contribution is -2.22. The molecule has 2 nitrogen and oxygen atoms in total. The maximum Gasteiger partial charge on any atom is 0.251 e. The third-order valence-corrected chi connectivity index (χ3v) is 3.72. The van der Waals surface area contributed by atoms with Crippen molar-refractivity contribution in [3.8, 4) is 0 Å². The standard InChI is InChI=1S/C14H11BrINO/c15-12-5-1-10(2-6-12)9-17-14(18)11-3-7-13(16)8-4-11/h1-8H,9H2,(H,17,18). The molecule has 0 aliphatic heterocycles. The molecule has 2 rings (SSSR count). The third kappa shape index (κ3) is 3.81. The second-order valence-electron chi connectivity index (χ2n) is 3.82. The van der Waals surface area contributed by atoms with E-state index in [2.05, 4.69) is 43.8 Å². The summed E-state index contributed by atoms with van der Waals surface area (Å²) in [5.41, 5.74) is 1.77. The van der Waals surface area contributed by atoms with E-state index in [1.54, 1.807) is 0 Å². The minimum atomic E-state index is -0.0469. The Bertz CT molecular complexity index is 537. The Balaban J connectivity index is 1.96. The van der Waals surface area contributed by atoms with Crippen LogP contribution in [0.2, 0.25) is 0 Å².